The SMILES string of the molecule is C=C(CNC1CC1)COc1ccc(F)c(C(F)(F)F)c1. The molecule has 0 saturated heterocycles. The molecule has 0 heterocycles. The average Bonchev–Trinajstić information content (AvgIpc) is 3.18. The highest BCUT2D eigenvalue weighted by molar-refractivity contribution is 5.32. The zero-order valence-corrected chi connectivity index (χ0v) is 10.8. The standard InChI is InChI=1S/C14H15F4NO/c1-9(7-19-10-2-3-10)8-20-11-4-5-13(15)12(6-11)14(16,17)18/h4-6,10,19H,1-3,7-8H2. The second-order valence-corrected chi connectivity index (χ2v) is 4.83. The first kappa shape index (κ1) is 14.8. The Labute approximate surface area is 114 Å². The lowest BCUT2D eigenvalue weighted by atomic mass is 10.2. The maximum atomic E-state index is 13.1. The summed E-state index contributed by atoms with van der Waals surface area (Å²) >= 11 is 0. The normalized spacial score (nSPS) is 15.2. The first-order valence-corrected chi connectivity index (χ1v) is 6.26. The molecule has 0 radical (unpaired) electrons. The molecule has 1 aromatic rings. The van der Waals surface area contributed by atoms with Gasteiger partial charge in [0.15, 0.2) is 0 Å². The fraction of sp³-hybridized carbons (Fsp3) is 0.429. The highest BCUT2D eigenvalue weighted by Crippen LogP contribution is 2.33. The van der Waals surface area contributed by atoms with Crippen molar-refractivity contribution in [1.29, 1.82) is 0 Å². The van der Waals surface area contributed by atoms with Crippen molar-refractivity contribution in [1.82, 2.24) is 5.32 Å². The quantitative estimate of drug-likeness (QED) is 0.639. The van der Waals surface area contributed by atoms with Gasteiger partial charge in [0.2, 0.25) is 0 Å². The second kappa shape index (κ2) is 5.83. The first-order chi connectivity index (χ1) is 9.36. The summed E-state index contributed by atoms with van der Waals surface area (Å²) in [5.74, 6) is -1.33. The molecule has 0 spiro atoms. The van der Waals surface area contributed by atoms with Crippen molar-refractivity contribution in [3.8, 4) is 5.75 Å². The Hall–Kier alpha value is -1.56. The molecule has 0 unspecified atom stereocenters. The number of hydrogen-bond donors (Lipinski definition) is 1. The molecule has 0 amide bonds. The number of nitrogens with one attached hydrogen (secondary N) is 1. The lowest BCUT2D eigenvalue weighted by Gasteiger charge is -2.12. The Bertz CT molecular complexity index is 494. The van der Waals surface area contributed by atoms with E-state index < -0.39 is 17.6 Å². The fourth-order valence-electron chi connectivity index (χ4n) is 1.62. The van der Waals surface area contributed by atoms with Gasteiger partial charge in [-0.2, -0.15) is 13.2 Å². The molecule has 2 nitrogen and oxygen atoms in total. The third-order valence-electron chi connectivity index (χ3n) is 2.90. The maximum Gasteiger partial charge on any atom is 0.419 e. The average molecular weight is 289 g/mol. The highest BCUT2D eigenvalue weighted by atomic mass is 19.4. The van der Waals surface area contributed by atoms with Crippen LogP contribution in [0.3, 0.4) is 0 Å². The number of benzene rings is 1. The zero-order valence-electron chi connectivity index (χ0n) is 10.8. The van der Waals surface area contributed by atoms with Crippen LogP contribution in [0.5, 0.6) is 5.75 Å². The molecule has 0 aliphatic heterocycles. The number of rotatable bonds is 6. The van der Waals surface area contributed by atoms with Crippen molar-refractivity contribution < 1.29 is 22.3 Å². The molecule has 1 fully saturated rings. The van der Waals surface area contributed by atoms with E-state index in [2.05, 4.69) is 11.9 Å². The van der Waals surface area contributed by atoms with Gasteiger partial charge in [0, 0.05) is 12.6 Å². The van der Waals surface area contributed by atoms with Crippen LogP contribution in [0.2, 0.25) is 0 Å². The topological polar surface area (TPSA) is 21.3 Å². The van der Waals surface area contributed by atoms with Gasteiger partial charge in [-0.05, 0) is 36.6 Å². The maximum absolute atomic E-state index is 13.1. The molecule has 0 atom stereocenters. The fourth-order valence-corrected chi connectivity index (χ4v) is 1.62. The molecule has 6 heteroatoms. The van der Waals surface area contributed by atoms with Crippen LogP contribution in [0.4, 0.5) is 17.6 Å². The summed E-state index contributed by atoms with van der Waals surface area (Å²) < 4.78 is 55.8. The van der Waals surface area contributed by atoms with E-state index in [-0.39, 0.29) is 12.4 Å². The van der Waals surface area contributed by atoms with Gasteiger partial charge >= 0.3 is 6.18 Å². The largest absolute Gasteiger partial charge is 0.489 e. The first-order valence-electron chi connectivity index (χ1n) is 6.26. The molecule has 110 valence electrons. The van der Waals surface area contributed by atoms with Crippen molar-refractivity contribution in [3.63, 3.8) is 0 Å². The summed E-state index contributed by atoms with van der Waals surface area (Å²) in [5, 5.41) is 3.22. The molecule has 0 aromatic heterocycles. The van der Waals surface area contributed by atoms with E-state index in [9.17, 15) is 17.6 Å². The highest BCUT2D eigenvalue weighted by Gasteiger charge is 2.34. The Morgan fingerprint density at radius 2 is 2.05 bits per heavy atom. The van der Waals surface area contributed by atoms with E-state index in [1.807, 2.05) is 0 Å². The van der Waals surface area contributed by atoms with Gasteiger partial charge in [-0.15, -0.1) is 0 Å². The van der Waals surface area contributed by atoms with Gasteiger partial charge in [0.25, 0.3) is 0 Å². The van der Waals surface area contributed by atoms with Crippen LogP contribution in [0.1, 0.15) is 18.4 Å². The van der Waals surface area contributed by atoms with Crippen LogP contribution in [0, 0.1) is 5.82 Å². The van der Waals surface area contributed by atoms with Crippen molar-refractivity contribution in [2.24, 2.45) is 0 Å². The molecular formula is C14H15F4NO. The van der Waals surface area contributed by atoms with Gasteiger partial charge in [0.05, 0.1) is 5.56 Å². The van der Waals surface area contributed by atoms with Crippen LogP contribution >= 0.6 is 0 Å². The van der Waals surface area contributed by atoms with Crippen molar-refractivity contribution in [3.05, 3.63) is 41.7 Å². The summed E-state index contributed by atoms with van der Waals surface area (Å²) in [5.41, 5.74) is -0.591. The lowest BCUT2D eigenvalue weighted by molar-refractivity contribution is -0.140. The minimum absolute atomic E-state index is 0.0219. The molecule has 1 saturated carbocycles. The summed E-state index contributed by atoms with van der Waals surface area (Å²) in [6.45, 7) is 4.44. The minimum atomic E-state index is -4.73. The zero-order chi connectivity index (χ0) is 14.8. The van der Waals surface area contributed by atoms with E-state index in [4.69, 9.17) is 4.74 Å². The van der Waals surface area contributed by atoms with E-state index in [1.165, 1.54) is 6.07 Å². The van der Waals surface area contributed by atoms with Crippen LogP contribution < -0.4 is 10.1 Å². The third-order valence-corrected chi connectivity index (χ3v) is 2.90. The minimum Gasteiger partial charge on any atom is -0.489 e. The van der Waals surface area contributed by atoms with Crippen molar-refractivity contribution >= 4 is 0 Å². The van der Waals surface area contributed by atoms with Crippen molar-refractivity contribution in [2.75, 3.05) is 13.2 Å². The Balaban J connectivity index is 1.90. The smallest absolute Gasteiger partial charge is 0.419 e. The monoisotopic (exact) mass is 289 g/mol. The van der Waals surface area contributed by atoms with Crippen LogP contribution in [0.25, 0.3) is 0 Å². The van der Waals surface area contributed by atoms with Gasteiger partial charge < -0.3 is 10.1 Å². The predicted octanol–water partition coefficient (Wildman–Crippen LogP) is 3.53. The number of hydrogen-bond acceptors (Lipinski definition) is 2. The van der Waals surface area contributed by atoms with Gasteiger partial charge in [-0.25, -0.2) is 4.39 Å². The molecule has 1 aromatic carbocycles. The Kier molecular flexibility index (Phi) is 4.32. The van der Waals surface area contributed by atoms with E-state index in [0.717, 1.165) is 24.5 Å². The van der Waals surface area contributed by atoms with E-state index in [1.54, 1.807) is 0 Å². The summed E-state index contributed by atoms with van der Waals surface area (Å²) in [6, 6.07) is 3.11. The molecule has 1 N–H and O–H groups in total. The summed E-state index contributed by atoms with van der Waals surface area (Å²) in [4.78, 5) is 0. The van der Waals surface area contributed by atoms with Gasteiger partial charge in [0.1, 0.15) is 18.2 Å². The molecule has 0 bridgehead atoms. The third kappa shape index (κ3) is 4.23. The van der Waals surface area contributed by atoms with E-state index in [0.29, 0.717) is 18.7 Å². The summed E-state index contributed by atoms with van der Waals surface area (Å²) in [7, 11) is 0. The molecular weight excluding hydrogens is 274 g/mol. The van der Waals surface area contributed by atoms with Crippen LogP contribution in [0.15, 0.2) is 30.4 Å². The number of ether oxygens (including phenoxy) is 1. The second-order valence-electron chi connectivity index (χ2n) is 4.83. The van der Waals surface area contributed by atoms with Crippen molar-refractivity contribution in [2.45, 2.75) is 25.1 Å². The number of alkyl halides is 3. The van der Waals surface area contributed by atoms with Gasteiger partial charge in [-0.3, -0.25) is 0 Å². The van der Waals surface area contributed by atoms with Crippen LogP contribution in [-0.2, 0) is 6.18 Å². The van der Waals surface area contributed by atoms with Crippen LogP contribution in [-0.4, -0.2) is 19.2 Å². The lowest BCUT2D eigenvalue weighted by Crippen LogP contribution is -2.21. The predicted molar refractivity (Wildman–Crippen MR) is 67.1 cm³/mol. The Morgan fingerprint density at radius 3 is 2.65 bits per heavy atom. The molecule has 2 rings (SSSR count). The summed E-state index contributed by atoms with van der Waals surface area (Å²) in [6.07, 6.45) is -2.45. The molecule has 1 aliphatic carbocycles. The number of halogens is 4. The van der Waals surface area contributed by atoms with Gasteiger partial charge in [-0.1, -0.05) is 6.58 Å². The molecule has 1 aliphatic rings. The Morgan fingerprint density at radius 1 is 1.35 bits per heavy atom. The van der Waals surface area contributed by atoms with E-state index >= 15 is 0 Å². The molecule has 20 heavy (non-hydrogen) atoms.